The summed E-state index contributed by atoms with van der Waals surface area (Å²) in [5.74, 6) is 0.194. The maximum Gasteiger partial charge on any atom is 0.407 e. The van der Waals surface area contributed by atoms with Gasteiger partial charge in [0.05, 0.1) is 0 Å². The number of alkyl carbamates (subject to hydrolysis) is 1. The van der Waals surface area contributed by atoms with Crippen molar-refractivity contribution in [2.45, 2.75) is 25.5 Å². The first-order valence-electron chi connectivity index (χ1n) is 5.87. The van der Waals surface area contributed by atoms with Crippen LogP contribution in [0.1, 0.15) is 18.4 Å². The van der Waals surface area contributed by atoms with E-state index in [1.165, 1.54) is 0 Å². The summed E-state index contributed by atoms with van der Waals surface area (Å²) >= 11 is 0. The van der Waals surface area contributed by atoms with Gasteiger partial charge in [-0.25, -0.2) is 4.79 Å². The third kappa shape index (κ3) is 3.20. The van der Waals surface area contributed by atoms with E-state index in [1.54, 1.807) is 0 Å². The van der Waals surface area contributed by atoms with Crippen molar-refractivity contribution >= 4 is 6.09 Å². The number of amides is 1. The maximum atomic E-state index is 11.5. The van der Waals surface area contributed by atoms with Crippen LogP contribution in [0.4, 0.5) is 4.79 Å². The van der Waals surface area contributed by atoms with Crippen LogP contribution in [0.15, 0.2) is 30.3 Å². The zero-order valence-electron chi connectivity index (χ0n) is 9.63. The van der Waals surface area contributed by atoms with Gasteiger partial charge in [-0.05, 0) is 18.4 Å². The van der Waals surface area contributed by atoms with Crippen LogP contribution in [0.25, 0.3) is 0 Å². The summed E-state index contributed by atoms with van der Waals surface area (Å²) < 4.78 is 5.10. The third-order valence-electron chi connectivity index (χ3n) is 3.17. The molecular formula is C13H17NO3. The molecule has 0 unspecified atom stereocenters. The monoisotopic (exact) mass is 235 g/mol. The molecular weight excluding hydrogens is 218 g/mol. The van der Waals surface area contributed by atoms with Crippen LogP contribution in [-0.4, -0.2) is 23.8 Å². The largest absolute Gasteiger partial charge is 0.445 e. The number of benzene rings is 1. The number of aliphatic hydroxyl groups is 1. The van der Waals surface area contributed by atoms with E-state index in [0.717, 1.165) is 18.4 Å². The molecule has 1 aliphatic carbocycles. The molecule has 92 valence electrons. The quantitative estimate of drug-likeness (QED) is 0.834. The van der Waals surface area contributed by atoms with Gasteiger partial charge in [-0.1, -0.05) is 30.3 Å². The van der Waals surface area contributed by atoms with Crippen molar-refractivity contribution in [1.29, 1.82) is 0 Å². The maximum absolute atomic E-state index is 11.5. The lowest BCUT2D eigenvalue weighted by Crippen LogP contribution is -2.48. The van der Waals surface area contributed by atoms with Gasteiger partial charge in [0.1, 0.15) is 6.61 Å². The molecule has 2 atom stereocenters. The van der Waals surface area contributed by atoms with Crippen molar-refractivity contribution in [1.82, 2.24) is 5.32 Å². The van der Waals surface area contributed by atoms with Gasteiger partial charge in [0.25, 0.3) is 0 Å². The van der Waals surface area contributed by atoms with E-state index in [1.807, 2.05) is 30.3 Å². The van der Waals surface area contributed by atoms with E-state index in [4.69, 9.17) is 9.84 Å². The second-order valence-corrected chi connectivity index (χ2v) is 4.33. The number of hydrogen-bond donors (Lipinski definition) is 2. The van der Waals surface area contributed by atoms with E-state index >= 15 is 0 Å². The molecule has 2 rings (SSSR count). The van der Waals surface area contributed by atoms with Crippen molar-refractivity contribution < 1.29 is 14.6 Å². The molecule has 1 aromatic rings. The Bertz CT molecular complexity index is 364. The Morgan fingerprint density at radius 3 is 2.71 bits per heavy atom. The molecule has 0 saturated heterocycles. The standard InChI is InChI=1S/C13H17NO3/c15-8-11-6-7-12(11)14-13(16)17-9-10-4-2-1-3-5-10/h1-5,11-12,15H,6-9H2,(H,14,16)/t11-,12+/m1/s1. The van der Waals surface area contributed by atoms with E-state index in [0.29, 0.717) is 0 Å². The van der Waals surface area contributed by atoms with Crippen LogP contribution >= 0.6 is 0 Å². The predicted octanol–water partition coefficient (Wildman–Crippen LogP) is 1.68. The highest BCUT2D eigenvalue weighted by Gasteiger charge is 2.31. The summed E-state index contributed by atoms with van der Waals surface area (Å²) in [4.78, 5) is 11.5. The fourth-order valence-electron chi connectivity index (χ4n) is 1.89. The molecule has 1 amide bonds. The second-order valence-electron chi connectivity index (χ2n) is 4.33. The molecule has 0 radical (unpaired) electrons. The number of ether oxygens (including phenoxy) is 1. The zero-order chi connectivity index (χ0) is 12.1. The molecule has 17 heavy (non-hydrogen) atoms. The van der Waals surface area contributed by atoms with Gasteiger partial charge in [0.15, 0.2) is 0 Å². The van der Waals surface area contributed by atoms with Gasteiger partial charge < -0.3 is 15.2 Å². The van der Waals surface area contributed by atoms with E-state index in [2.05, 4.69) is 5.32 Å². The molecule has 4 nitrogen and oxygen atoms in total. The minimum atomic E-state index is -0.406. The Morgan fingerprint density at radius 2 is 2.12 bits per heavy atom. The van der Waals surface area contributed by atoms with Crippen LogP contribution in [-0.2, 0) is 11.3 Å². The molecule has 1 saturated carbocycles. The first-order chi connectivity index (χ1) is 8.29. The van der Waals surface area contributed by atoms with Crippen LogP contribution < -0.4 is 5.32 Å². The van der Waals surface area contributed by atoms with Crippen LogP contribution in [0.2, 0.25) is 0 Å². The number of aliphatic hydroxyl groups excluding tert-OH is 1. The molecule has 1 aliphatic rings. The third-order valence-corrected chi connectivity index (χ3v) is 3.17. The molecule has 1 fully saturated rings. The highest BCUT2D eigenvalue weighted by Crippen LogP contribution is 2.26. The van der Waals surface area contributed by atoms with E-state index in [9.17, 15) is 4.79 Å². The number of rotatable bonds is 4. The normalized spacial score (nSPS) is 22.6. The Hall–Kier alpha value is -1.55. The summed E-state index contributed by atoms with van der Waals surface area (Å²) in [6.45, 7) is 0.410. The first-order valence-corrected chi connectivity index (χ1v) is 5.87. The van der Waals surface area contributed by atoms with E-state index < -0.39 is 6.09 Å². The fraction of sp³-hybridized carbons (Fsp3) is 0.462. The summed E-state index contributed by atoms with van der Waals surface area (Å²) in [5, 5.41) is 11.8. The van der Waals surface area contributed by atoms with Crippen molar-refractivity contribution in [2.24, 2.45) is 5.92 Å². The molecule has 0 aromatic heterocycles. The SMILES string of the molecule is O=C(N[C@H]1CC[C@@H]1CO)OCc1ccccc1. The number of hydrogen-bond acceptors (Lipinski definition) is 3. The molecule has 0 heterocycles. The van der Waals surface area contributed by atoms with Crippen molar-refractivity contribution in [3.05, 3.63) is 35.9 Å². The van der Waals surface area contributed by atoms with Gasteiger partial charge in [-0.2, -0.15) is 0 Å². The topological polar surface area (TPSA) is 58.6 Å². The Morgan fingerprint density at radius 1 is 1.35 bits per heavy atom. The summed E-state index contributed by atoms with van der Waals surface area (Å²) in [6.07, 6.45) is 1.49. The molecule has 1 aromatic carbocycles. The lowest BCUT2D eigenvalue weighted by atomic mass is 9.80. The minimum Gasteiger partial charge on any atom is -0.445 e. The smallest absolute Gasteiger partial charge is 0.407 e. The molecule has 4 heteroatoms. The van der Waals surface area contributed by atoms with E-state index in [-0.39, 0.29) is 25.2 Å². The molecule has 2 N–H and O–H groups in total. The average molecular weight is 235 g/mol. The van der Waals surface area contributed by atoms with Crippen molar-refractivity contribution in [3.8, 4) is 0 Å². The summed E-state index contributed by atoms with van der Waals surface area (Å²) in [7, 11) is 0. The van der Waals surface area contributed by atoms with Crippen LogP contribution in [0, 0.1) is 5.92 Å². The highest BCUT2D eigenvalue weighted by atomic mass is 16.5. The average Bonchev–Trinajstić information content (AvgIpc) is 2.34. The van der Waals surface area contributed by atoms with Gasteiger partial charge in [-0.15, -0.1) is 0 Å². The van der Waals surface area contributed by atoms with Gasteiger partial charge >= 0.3 is 6.09 Å². The fourth-order valence-corrected chi connectivity index (χ4v) is 1.89. The number of nitrogens with one attached hydrogen (secondary N) is 1. The van der Waals surface area contributed by atoms with Gasteiger partial charge in [-0.3, -0.25) is 0 Å². The van der Waals surface area contributed by atoms with Crippen molar-refractivity contribution in [2.75, 3.05) is 6.61 Å². The lowest BCUT2D eigenvalue weighted by Gasteiger charge is -2.35. The highest BCUT2D eigenvalue weighted by molar-refractivity contribution is 5.67. The molecule has 0 aliphatic heterocycles. The van der Waals surface area contributed by atoms with Crippen LogP contribution in [0.5, 0.6) is 0 Å². The molecule has 0 spiro atoms. The van der Waals surface area contributed by atoms with Crippen molar-refractivity contribution in [3.63, 3.8) is 0 Å². The summed E-state index contributed by atoms with van der Waals surface area (Å²) in [6, 6.07) is 9.63. The Balaban J connectivity index is 1.71. The van der Waals surface area contributed by atoms with Gasteiger partial charge in [0.2, 0.25) is 0 Å². The number of carbonyl (C=O) groups excluding carboxylic acids is 1. The number of carbonyl (C=O) groups is 1. The Kier molecular flexibility index (Phi) is 3.98. The molecule has 0 bridgehead atoms. The zero-order valence-corrected chi connectivity index (χ0v) is 9.63. The second kappa shape index (κ2) is 5.68. The lowest BCUT2D eigenvalue weighted by molar-refractivity contribution is 0.0930. The summed E-state index contributed by atoms with van der Waals surface area (Å²) in [5.41, 5.74) is 0.968. The minimum absolute atomic E-state index is 0.0725. The predicted molar refractivity (Wildman–Crippen MR) is 63.4 cm³/mol. The Labute approximate surface area is 101 Å². The van der Waals surface area contributed by atoms with Gasteiger partial charge in [0, 0.05) is 18.6 Å². The first kappa shape index (κ1) is 11.9. The van der Waals surface area contributed by atoms with Crippen LogP contribution in [0.3, 0.4) is 0 Å².